The van der Waals surface area contributed by atoms with Crippen LogP contribution in [0.2, 0.25) is 0 Å². The van der Waals surface area contributed by atoms with Gasteiger partial charge in [-0.15, -0.1) is 0 Å². The number of benzene rings is 2. The molecule has 0 saturated carbocycles. The molecular formula is C24H31N3O3S. The molecule has 0 radical (unpaired) electrons. The fourth-order valence-electron chi connectivity index (χ4n) is 4.54. The molecule has 166 valence electrons. The Morgan fingerprint density at radius 3 is 2.42 bits per heavy atom. The Hall–Kier alpha value is -2.54. The number of fused-ring (bicyclic) bond motifs is 1. The summed E-state index contributed by atoms with van der Waals surface area (Å²) < 4.78 is 28.8. The highest BCUT2D eigenvalue weighted by Gasteiger charge is 2.37. The minimum absolute atomic E-state index is 0.147. The molecule has 0 aromatic heterocycles. The molecule has 2 aromatic carbocycles. The lowest BCUT2D eigenvalue weighted by molar-refractivity contribution is -0.128. The van der Waals surface area contributed by atoms with Gasteiger partial charge in [0.1, 0.15) is 0 Å². The van der Waals surface area contributed by atoms with Crippen LogP contribution in [0.15, 0.2) is 41.3 Å². The van der Waals surface area contributed by atoms with Crippen LogP contribution < -0.4 is 9.62 Å². The quantitative estimate of drug-likeness (QED) is 0.766. The number of carbonyl (C=O) groups is 1. The molecule has 4 rings (SSSR count). The summed E-state index contributed by atoms with van der Waals surface area (Å²) in [5.41, 5.74) is 4.37. The van der Waals surface area contributed by atoms with Gasteiger partial charge in [0.05, 0.1) is 11.4 Å². The van der Waals surface area contributed by atoms with Gasteiger partial charge >= 0.3 is 0 Å². The number of likely N-dealkylation sites (tertiary alicyclic amines) is 1. The molecule has 1 N–H and O–H groups in total. The van der Waals surface area contributed by atoms with Gasteiger partial charge in [0.15, 0.2) is 0 Å². The Bertz CT molecular complexity index is 1120. The van der Waals surface area contributed by atoms with E-state index in [0.29, 0.717) is 18.8 Å². The molecule has 2 aromatic rings. The first-order valence-electron chi connectivity index (χ1n) is 10.8. The minimum atomic E-state index is -3.71. The van der Waals surface area contributed by atoms with E-state index >= 15 is 0 Å². The Balaban J connectivity index is 1.59. The van der Waals surface area contributed by atoms with Crippen molar-refractivity contribution < 1.29 is 13.2 Å². The number of sulfonamides is 1. The Kier molecular flexibility index (Phi) is 5.50. The lowest BCUT2D eigenvalue weighted by Gasteiger charge is -2.24. The van der Waals surface area contributed by atoms with Gasteiger partial charge in [-0.3, -0.25) is 9.52 Å². The first-order chi connectivity index (χ1) is 14.6. The van der Waals surface area contributed by atoms with Crippen LogP contribution in [0.25, 0.3) is 0 Å². The van der Waals surface area contributed by atoms with Crippen molar-refractivity contribution in [3.05, 3.63) is 53.1 Å². The van der Waals surface area contributed by atoms with E-state index in [0.717, 1.165) is 48.3 Å². The van der Waals surface area contributed by atoms with Crippen LogP contribution in [0.1, 0.15) is 43.4 Å². The van der Waals surface area contributed by atoms with E-state index in [1.54, 1.807) is 18.2 Å². The lowest BCUT2D eigenvalue weighted by atomic mass is 9.87. The van der Waals surface area contributed by atoms with Crippen LogP contribution >= 0.6 is 0 Å². The summed E-state index contributed by atoms with van der Waals surface area (Å²) in [7, 11) is -3.71. The normalized spacial score (nSPS) is 17.7. The third-order valence-corrected chi connectivity index (χ3v) is 7.86. The molecule has 0 atom stereocenters. The maximum absolute atomic E-state index is 13.1. The second kappa shape index (κ2) is 7.86. The highest BCUT2D eigenvalue weighted by atomic mass is 32.2. The molecule has 31 heavy (non-hydrogen) atoms. The number of hydrogen-bond acceptors (Lipinski definition) is 4. The van der Waals surface area contributed by atoms with Crippen molar-refractivity contribution in [2.45, 2.75) is 50.8 Å². The zero-order valence-corrected chi connectivity index (χ0v) is 19.6. The maximum Gasteiger partial charge on any atom is 0.261 e. The molecule has 1 fully saturated rings. The summed E-state index contributed by atoms with van der Waals surface area (Å²) in [6.45, 7) is 10.9. The van der Waals surface area contributed by atoms with Crippen molar-refractivity contribution >= 4 is 27.3 Å². The van der Waals surface area contributed by atoms with Crippen LogP contribution in [-0.4, -0.2) is 45.4 Å². The number of rotatable bonds is 5. The number of amides is 1. The number of carbonyl (C=O) groups excluding carboxylic acids is 1. The SMILES string of the molecule is Cc1ccc(NS(=O)(=O)c2ccc3c(c2)C(C)(C)CN3CC(=O)N2CCCC2)cc1C. The fraction of sp³-hybridized carbons (Fsp3) is 0.458. The predicted molar refractivity (Wildman–Crippen MR) is 124 cm³/mol. The molecule has 0 aliphatic carbocycles. The topological polar surface area (TPSA) is 69.7 Å². The number of nitrogens with one attached hydrogen (secondary N) is 1. The summed E-state index contributed by atoms with van der Waals surface area (Å²) in [5.74, 6) is 0.147. The summed E-state index contributed by atoms with van der Waals surface area (Å²) in [6.07, 6.45) is 2.14. The molecule has 0 bridgehead atoms. The first-order valence-corrected chi connectivity index (χ1v) is 12.3. The highest BCUT2D eigenvalue weighted by molar-refractivity contribution is 7.92. The van der Waals surface area contributed by atoms with Gasteiger partial charge in [-0.25, -0.2) is 8.42 Å². The van der Waals surface area contributed by atoms with Crippen LogP contribution in [0.5, 0.6) is 0 Å². The summed E-state index contributed by atoms with van der Waals surface area (Å²) in [5, 5.41) is 0. The standard InChI is InChI=1S/C24H31N3O3S/c1-17-7-8-19(13-18(17)2)25-31(29,30)20-9-10-22-21(14-20)24(3,4)16-27(22)15-23(28)26-11-5-6-12-26/h7-10,13-14,25H,5-6,11-12,15-16H2,1-4H3. The smallest absolute Gasteiger partial charge is 0.261 e. The second-order valence-electron chi connectivity index (χ2n) is 9.41. The minimum Gasteiger partial charge on any atom is -0.361 e. The van der Waals surface area contributed by atoms with Crippen molar-refractivity contribution in [2.24, 2.45) is 0 Å². The maximum atomic E-state index is 13.1. The molecule has 7 heteroatoms. The monoisotopic (exact) mass is 441 g/mol. The molecule has 1 saturated heterocycles. The predicted octanol–water partition coefficient (Wildman–Crippen LogP) is 3.82. The summed E-state index contributed by atoms with van der Waals surface area (Å²) in [6, 6.07) is 10.8. The van der Waals surface area contributed by atoms with Gasteiger partial charge in [0, 0.05) is 36.4 Å². The lowest BCUT2D eigenvalue weighted by Crippen LogP contribution is -2.40. The van der Waals surface area contributed by atoms with Crippen LogP contribution in [0, 0.1) is 13.8 Å². The van der Waals surface area contributed by atoms with E-state index in [1.807, 2.05) is 36.9 Å². The number of aryl methyl sites for hydroxylation is 2. The van der Waals surface area contributed by atoms with Gasteiger partial charge in [-0.1, -0.05) is 19.9 Å². The molecule has 2 aliphatic heterocycles. The molecule has 0 unspecified atom stereocenters. The van der Waals surface area contributed by atoms with Crippen molar-refractivity contribution in [1.82, 2.24) is 4.90 Å². The molecule has 2 aliphatic rings. The van der Waals surface area contributed by atoms with Crippen molar-refractivity contribution in [1.29, 1.82) is 0 Å². The van der Waals surface area contributed by atoms with Crippen LogP contribution in [0.4, 0.5) is 11.4 Å². The van der Waals surface area contributed by atoms with E-state index in [1.165, 1.54) is 0 Å². The third kappa shape index (κ3) is 4.28. The molecule has 2 heterocycles. The van der Waals surface area contributed by atoms with Gasteiger partial charge in [0.25, 0.3) is 10.0 Å². The van der Waals surface area contributed by atoms with Gasteiger partial charge in [-0.2, -0.15) is 0 Å². The first kappa shape index (κ1) is 21.7. The van der Waals surface area contributed by atoms with Gasteiger partial charge in [-0.05, 0) is 73.7 Å². The molecule has 0 spiro atoms. The van der Waals surface area contributed by atoms with E-state index in [9.17, 15) is 13.2 Å². The van der Waals surface area contributed by atoms with E-state index in [2.05, 4.69) is 23.5 Å². The average Bonchev–Trinajstić information content (AvgIpc) is 3.32. The van der Waals surface area contributed by atoms with Crippen LogP contribution in [-0.2, 0) is 20.2 Å². The Morgan fingerprint density at radius 2 is 1.74 bits per heavy atom. The van der Waals surface area contributed by atoms with E-state index in [4.69, 9.17) is 0 Å². The number of anilines is 2. The highest BCUT2D eigenvalue weighted by Crippen LogP contribution is 2.41. The zero-order valence-electron chi connectivity index (χ0n) is 18.7. The second-order valence-corrected chi connectivity index (χ2v) is 11.1. The third-order valence-electron chi connectivity index (χ3n) is 6.48. The van der Waals surface area contributed by atoms with Crippen molar-refractivity contribution in [3.8, 4) is 0 Å². The number of hydrogen-bond donors (Lipinski definition) is 1. The zero-order chi connectivity index (χ0) is 22.4. The van der Waals surface area contributed by atoms with Gasteiger partial charge < -0.3 is 9.80 Å². The van der Waals surface area contributed by atoms with E-state index in [-0.39, 0.29) is 16.2 Å². The summed E-state index contributed by atoms with van der Waals surface area (Å²) in [4.78, 5) is 16.9. The van der Waals surface area contributed by atoms with Crippen LogP contribution in [0.3, 0.4) is 0 Å². The average molecular weight is 442 g/mol. The van der Waals surface area contributed by atoms with Gasteiger partial charge in [0.2, 0.25) is 5.91 Å². The largest absolute Gasteiger partial charge is 0.361 e. The van der Waals surface area contributed by atoms with Crippen molar-refractivity contribution in [3.63, 3.8) is 0 Å². The van der Waals surface area contributed by atoms with Crippen molar-refractivity contribution in [2.75, 3.05) is 35.8 Å². The van der Waals surface area contributed by atoms with E-state index < -0.39 is 10.0 Å². The molecule has 1 amide bonds. The fourth-order valence-corrected chi connectivity index (χ4v) is 5.61. The summed E-state index contributed by atoms with van der Waals surface area (Å²) >= 11 is 0. The Morgan fingerprint density at radius 1 is 1.03 bits per heavy atom. The molecular weight excluding hydrogens is 410 g/mol. The Labute approximate surface area is 185 Å². The molecule has 6 nitrogen and oxygen atoms in total. The number of nitrogens with zero attached hydrogens (tertiary/aromatic N) is 2.